The van der Waals surface area contributed by atoms with Gasteiger partial charge in [0.2, 0.25) is 0 Å². The third-order valence-electron chi connectivity index (χ3n) is 2.30. The van der Waals surface area contributed by atoms with Crippen LogP contribution in [0.25, 0.3) is 11.1 Å². The minimum atomic E-state index is -0.428. The number of rotatable bonds is 2. The molecule has 2 aromatic rings. The molecule has 0 N–H and O–H groups in total. The Morgan fingerprint density at radius 1 is 1.38 bits per heavy atom. The maximum absolute atomic E-state index is 10.7. The average molecular weight is 237 g/mol. The number of aryl methyl sites for hydroxylation is 1. The van der Waals surface area contributed by atoms with E-state index in [0.29, 0.717) is 10.6 Å². The topological polar surface area (TPSA) is 48.1 Å². The van der Waals surface area contributed by atoms with Crippen molar-refractivity contribution in [1.29, 1.82) is 0 Å². The molecule has 0 bridgehead atoms. The normalized spacial score (nSPS) is 10.4. The molecule has 0 fully saturated rings. The summed E-state index contributed by atoms with van der Waals surface area (Å²) in [6.45, 7) is 0. The zero-order valence-electron chi connectivity index (χ0n) is 8.55. The summed E-state index contributed by atoms with van der Waals surface area (Å²) < 4.78 is 1.87. The van der Waals surface area contributed by atoms with E-state index in [9.17, 15) is 10.1 Å². The predicted octanol–water partition coefficient (Wildman–Crippen LogP) is 3.25. The van der Waals surface area contributed by atoms with Gasteiger partial charge in [-0.2, -0.15) is 0 Å². The smallest absolute Gasteiger partial charge is 0.270 e. The quantitative estimate of drug-likeness (QED) is 0.594. The Kier molecular flexibility index (Phi) is 2.66. The van der Waals surface area contributed by atoms with Crippen molar-refractivity contribution >= 4 is 17.3 Å². The maximum atomic E-state index is 10.7. The minimum Gasteiger partial charge on any atom is -0.357 e. The lowest BCUT2D eigenvalue weighted by Gasteiger charge is -2.01. The number of nitrogens with zero attached hydrogens (tertiary/aromatic N) is 2. The van der Waals surface area contributed by atoms with Crippen LogP contribution in [0.15, 0.2) is 36.7 Å². The molecule has 1 aromatic carbocycles. The van der Waals surface area contributed by atoms with Crippen molar-refractivity contribution in [3.63, 3.8) is 0 Å². The Morgan fingerprint density at radius 3 is 2.69 bits per heavy atom. The molecule has 0 unspecified atom stereocenters. The van der Waals surface area contributed by atoms with Gasteiger partial charge in [0.1, 0.15) is 0 Å². The summed E-state index contributed by atoms with van der Waals surface area (Å²) in [4.78, 5) is 10.2. The number of nitro benzene ring substituents is 1. The van der Waals surface area contributed by atoms with Gasteiger partial charge in [-0.3, -0.25) is 10.1 Å². The molecule has 16 heavy (non-hydrogen) atoms. The van der Waals surface area contributed by atoms with E-state index in [4.69, 9.17) is 11.6 Å². The first-order valence-electron chi connectivity index (χ1n) is 4.64. The minimum absolute atomic E-state index is 0.0447. The van der Waals surface area contributed by atoms with Gasteiger partial charge in [-0.15, -0.1) is 0 Å². The van der Waals surface area contributed by atoms with Crippen molar-refractivity contribution in [1.82, 2.24) is 4.57 Å². The van der Waals surface area contributed by atoms with Crippen LogP contribution in [-0.4, -0.2) is 9.49 Å². The van der Waals surface area contributed by atoms with Gasteiger partial charge in [-0.25, -0.2) is 0 Å². The van der Waals surface area contributed by atoms with Gasteiger partial charge in [0, 0.05) is 47.7 Å². The third kappa shape index (κ3) is 1.92. The monoisotopic (exact) mass is 236 g/mol. The van der Waals surface area contributed by atoms with Crippen LogP contribution in [0.5, 0.6) is 0 Å². The van der Waals surface area contributed by atoms with Gasteiger partial charge < -0.3 is 4.57 Å². The summed E-state index contributed by atoms with van der Waals surface area (Å²) in [5.41, 5.74) is 1.59. The molecule has 1 aromatic heterocycles. The summed E-state index contributed by atoms with van der Waals surface area (Å²) >= 11 is 6.01. The highest BCUT2D eigenvalue weighted by molar-refractivity contribution is 6.33. The number of hydrogen-bond acceptors (Lipinski definition) is 2. The standard InChI is InChI=1S/C11H9ClN2O2/c1-13-5-4-8(7-13)10-6-9(14(15)16)2-3-11(10)12/h2-7H,1H3. The highest BCUT2D eigenvalue weighted by Gasteiger charge is 2.11. The number of non-ortho nitro benzene ring substituents is 1. The molecule has 5 heteroatoms. The first-order chi connectivity index (χ1) is 7.58. The first-order valence-corrected chi connectivity index (χ1v) is 5.02. The van der Waals surface area contributed by atoms with E-state index in [1.54, 1.807) is 6.07 Å². The van der Waals surface area contributed by atoms with Crippen LogP contribution in [0.2, 0.25) is 5.02 Å². The average Bonchev–Trinajstić information content (AvgIpc) is 2.65. The van der Waals surface area contributed by atoms with E-state index in [1.165, 1.54) is 12.1 Å². The molecular formula is C11H9ClN2O2. The van der Waals surface area contributed by atoms with Crippen molar-refractivity contribution < 1.29 is 4.92 Å². The maximum Gasteiger partial charge on any atom is 0.270 e. The molecule has 0 amide bonds. The third-order valence-corrected chi connectivity index (χ3v) is 2.63. The molecule has 4 nitrogen and oxygen atoms in total. The van der Waals surface area contributed by atoms with E-state index in [1.807, 2.05) is 30.1 Å². The lowest BCUT2D eigenvalue weighted by atomic mass is 10.1. The van der Waals surface area contributed by atoms with Crippen LogP contribution in [0, 0.1) is 10.1 Å². The van der Waals surface area contributed by atoms with Gasteiger partial charge >= 0.3 is 0 Å². The molecule has 1 heterocycles. The Morgan fingerprint density at radius 2 is 2.12 bits per heavy atom. The molecule has 2 rings (SSSR count). The second-order valence-corrected chi connectivity index (χ2v) is 3.89. The molecule has 82 valence electrons. The van der Waals surface area contributed by atoms with Gasteiger partial charge in [-0.05, 0) is 12.1 Å². The van der Waals surface area contributed by atoms with Crippen molar-refractivity contribution in [2.24, 2.45) is 7.05 Å². The molecule has 0 saturated carbocycles. The van der Waals surface area contributed by atoms with Gasteiger partial charge in [0.25, 0.3) is 5.69 Å². The van der Waals surface area contributed by atoms with E-state index in [0.717, 1.165) is 5.56 Å². The van der Waals surface area contributed by atoms with Gasteiger partial charge in [0.05, 0.1) is 4.92 Å². The summed E-state index contributed by atoms with van der Waals surface area (Å²) in [7, 11) is 1.88. The van der Waals surface area contributed by atoms with Gasteiger partial charge in [0.15, 0.2) is 0 Å². The van der Waals surface area contributed by atoms with Gasteiger partial charge in [-0.1, -0.05) is 11.6 Å². The lowest BCUT2D eigenvalue weighted by molar-refractivity contribution is -0.384. The molecule has 0 radical (unpaired) electrons. The number of hydrogen-bond donors (Lipinski definition) is 0. The summed E-state index contributed by atoms with van der Waals surface area (Å²) in [6, 6.07) is 6.29. The highest BCUT2D eigenvalue weighted by Crippen LogP contribution is 2.31. The Balaban J connectivity index is 2.55. The van der Waals surface area contributed by atoms with Crippen LogP contribution < -0.4 is 0 Å². The van der Waals surface area contributed by atoms with Crippen molar-refractivity contribution in [3.05, 3.63) is 51.8 Å². The zero-order valence-corrected chi connectivity index (χ0v) is 9.31. The SMILES string of the molecule is Cn1ccc(-c2cc([N+](=O)[O-])ccc2Cl)c1. The molecule has 0 aliphatic heterocycles. The van der Waals surface area contributed by atoms with Crippen LogP contribution in [0.3, 0.4) is 0 Å². The van der Waals surface area contributed by atoms with Crippen LogP contribution in [0.1, 0.15) is 0 Å². The molecule has 0 aliphatic rings. The fourth-order valence-corrected chi connectivity index (χ4v) is 1.74. The second kappa shape index (κ2) is 3.98. The molecule has 0 saturated heterocycles. The van der Waals surface area contributed by atoms with Crippen molar-refractivity contribution in [2.45, 2.75) is 0 Å². The number of aromatic nitrogens is 1. The number of halogens is 1. The zero-order chi connectivity index (χ0) is 11.7. The highest BCUT2D eigenvalue weighted by atomic mass is 35.5. The van der Waals surface area contributed by atoms with Crippen molar-refractivity contribution in [2.75, 3.05) is 0 Å². The first kappa shape index (κ1) is 10.7. The van der Waals surface area contributed by atoms with E-state index >= 15 is 0 Å². The van der Waals surface area contributed by atoms with Crippen LogP contribution in [-0.2, 0) is 7.05 Å². The molecule has 0 atom stereocenters. The summed E-state index contributed by atoms with van der Waals surface area (Å²) in [6.07, 6.45) is 3.73. The van der Waals surface area contributed by atoms with Crippen LogP contribution in [0.4, 0.5) is 5.69 Å². The lowest BCUT2D eigenvalue weighted by Crippen LogP contribution is -1.88. The predicted molar refractivity (Wildman–Crippen MR) is 62.5 cm³/mol. The van der Waals surface area contributed by atoms with E-state index < -0.39 is 4.92 Å². The van der Waals surface area contributed by atoms with Crippen molar-refractivity contribution in [3.8, 4) is 11.1 Å². The molecular weight excluding hydrogens is 228 g/mol. The summed E-state index contributed by atoms with van der Waals surface area (Å²) in [5, 5.41) is 11.2. The Labute approximate surface area is 97.2 Å². The molecule has 0 aliphatic carbocycles. The van der Waals surface area contributed by atoms with Crippen LogP contribution >= 0.6 is 11.6 Å². The molecule has 0 spiro atoms. The number of benzene rings is 1. The van der Waals surface area contributed by atoms with E-state index in [2.05, 4.69) is 0 Å². The van der Waals surface area contributed by atoms with E-state index in [-0.39, 0.29) is 5.69 Å². The summed E-state index contributed by atoms with van der Waals surface area (Å²) in [5.74, 6) is 0. The fraction of sp³-hybridized carbons (Fsp3) is 0.0909. The Hall–Kier alpha value is -1.81. The second-order valence-electron chi connectivity index (χ2n) is 3.49. The number of nitro groups is 1. The Bertz CT molecular complexity index is 549. The fourth-order valence-electron chi connectivity index (χ4n) is 1.51. The largest absolute Gasteiger partial charge is 0.357 e.